The Morgan fingerprint density at radius 3 is 2.94 bits per heavy atom. The summed E-state index contributed by atoms with van der Waals surface area (Å²) in [5, 5.41) is 8.81. The molecule has 2 atom stereocenters. The van der Waals surface area contributed by atoms with Gasteiger partial charge in [0.2, 0.25) is 0 Å². The van der Waals surface area contributed by atoms with Gasteiger partial charge in [-0.3, -0.25) is 4.79 Å². The van der Waals surface area contributed by atoms with Crippen LogP contribution in [0.25, 0.3) is 0 Å². The molecule has 16 heavy (non-hydrogen) atoms. The molecule has 86 valence electrons. The third-order valence-corrected chi connectivity index (χ3v) is 2.79. The maximum atomic E-state index is 13.3. The molecular formula is C12H13FO3. The Hall–Kier alpha value is -1.58. The van der Waals surface area contributed by atoms with Gasteiger partial charge in [-0.05, 0) is 37.0 Å². The number of hydrogen-bond donors (Lipinski definition) is 1. The lowest BCUT2D eigenvalue weighted by Crippen LogP contribution is -2.00. The van der Waals surface area contributed by atoms with Crippen LogP contribution in [0.5, 0.6) is 5.75 Å². The van der Waals surface area contributed by atoms with E-state index >= 15 is 0 Å². The van der Waals surface area contributed by atoms with Crippen LogP contribution in [0.15, 0.2) is 18.2 Å². The average Bonchev–Trinajstić information content (AvgIpc) is 3.01. The van der Waals surface area contributed by atoms with Gasteiger partial charge in [0.05, 0.1) is 12.5 Å². The molecule has 1 N–H and O–H groups in total. The topological polar surface area (TPSA) is 46.5 Å². The third-order valence-electron chi connectivity index (χ3n) is 2.79. The van der Waals surface area contributed by atoms with E-state index in [9.17, 15) is 9.18 Å². The zero-order chi connectivity index (χ0) is 11.7. The van der Waals surface area contributed by atoms with Crippen molar-refractivity contribution in [3.05, 3.63) is 29.6 Å². The van der Waals surface area contributed by atoms with Crippen LogP contribution in [0.1, 0.15) is 24.8 Å². The summed E-state index contributed by atoms with van der Waals surface area (Å²) in [6.45, 7) is 2.18. The Morgan fingerprint density at radius 1 is 1.62 bits per heavy atom. The molecule has 1 aliphatic rings. The molecule has 1 aromatic carbocycles. The van der Waals surface area contributed by atoms with Gasteiger partial charge in [-0.25, -0.2) is 4.39 Å². The van der Waals surface area contributed by atoms with Crippen molar-refractivity contribution in [2.75, 3.05) is 6.61 Å². The van der Waals surface area contributed by atoms with Crippen molar-refractivity contribution in [3.8, 4) is 5.75 Å². The first-order valence-corrected chi connectivity index (χ1v) is 5.28. The first kappa shape index (κ1) is 10.9. The molecule has 0 aliphatic heterocycles. The summed E-state index contributed by atoms with van der Waals surface area (Å²) in [6, 6.07) is 4.56. The Kier molecular flexibility index (Phi) is 2.81. The minimum absolute atomic E-state index is 0.0114. The van der Waals surface area contributed by atoms with Gasteiger partial charge in [0.15, 0.2) is 11.6 Å². The average molecular weight is 224 g/mol. The molecule has 3 nitrogen and oxygen atoms in total. The Labute approximate surface area is 92.9 Å². The van der Waals surface area contributed by atoms with Crippen LogP contribution in [-0.2, 0) is 4.79 Å². The molecule has 1 aromatic rings. The molecule has 0 heterocycles. The van der Waals surface area contributed by atoms with Gasteiger partial charge >= 0.3 is 5.97 Å². The zero-order valence-corrected chi connectivity index (χ0v) is 8.94. The van der Waals surface area contributed by atoms with E-state index in [2.05, 4.69) is 0 Å². The van der Waals surface area contributed by atoms with Crippen LogP contribution in [0.3, 0.4) is 0 Å². The molecule has 0 spiro atoms. The van der Waals surface area contributed by atoms with Crippen LogP contribution in [0.2, 0.25) is 0 Å². The molecule has 2 rings (SSSR count). The lowest BCUT2D eigenvalue weighted by molar-refractivity contribution is -0.138. The zero-order valence-electron chi connectivity index (χ0n) is 8.94. The quantitative estimate of drug-likeness (QED) is 0.854. The molecule has 0 amide bonds. The van der Waals surface area contributed by atoms with E-state index in [1.165, 1.54) is 6.07 Å². The molecule has 0 saturated heterocycles. The fourth-order valence-electron chi connectivity index (χ4n) is 1.85. The molecular weight excluding hydrogens is 211 g/mol. The van der Waals surface area contributed by atoms with Crippen molar-refractivity contribution in [2.45, 2.75) is 19.3 Å². The maximum Gasteiger partial charge on any atom is 0.307 e. The largest absolute Gasteiger partial charge is 0.491 e. The number of halogens is 1. The molecule has 4 heteroatoms. The van der Waals surface area contributed by atoms with E-state index in [-0.39, 0.29) is 17.6 Å². The molecule has 0 unspecified atom stereocenters. The van der Waals surface area contributed by atoms with E-state index in [4.69, 9.17) is 9.84 Å². The standard InChI is InChI=1S/C12H13FO3/c1-2-16-11-5-7(3-4-10(11)13)8-6-9(8)12(14)15/h3-5,8-9H,2,6H2,1H3,(H,14,15)/t8-,9+/m1/s1. The van der Waals surface area contributed by atoms with Crippen molar-refractivity contribution in [3.63, 3.8) is 0 Å². The number of benzene rings is 1. The highest BCUT2D eigenvalue weighted by Crippen LogP contribution is 2.48. The third kappa shape index (κ3) is 2.01. The highest BCUT2D eigenvalue weighted by atomic mass is 19.1. The minimum Gasteiger partial charge on any atom is -0.491 e. The predicted octanol–water partition coefficient (Wildman–Crippen LogP) is 2.41. The van der Waals surface area contributed by atoms with E-state index < -0.39 is 11.8 Å². The molecule has 1 saturated carbocycles. The van der Waals surface area contributed by atoms with E-state index in [1.54, 1.807) is 19.1 Å². The fraction of sp³-hybridized carbons (Fsp3) is 0.417. The van der Waals surface area contributed by atoms with Crippen molar-refractivity contribution in [2.24, 2.45) is 5.92 Å². The highest BCUT2D eigenvalue weighted by molar-refractivity contribution is 5.75. The lowest BCUT2D eigenvalue weighted by atomic mass is 10.1. The monoisotopic (exact) mass is 224 g/mol. The second-order valence-electron chi connectivity index (χ2n) is 3.91. The van der Waals surface area contributed by atoms with Crippen molar-refractivity contribution >= 4 is 5.97 Å². The number of carboxylic acid groups (broad SMARTS) is 1. The smallest absolute Gasteiger partial charge is 0.307 e. The van der Waals surface area contributed by atoms with E-state index in [0.29, 0.717) is 13.0 Å². The van der Waals surface area contributed by atoms with Gasteiger partial charge in [-0.2, -0.15) is 0 Å². The van der Waals surface area contributed by atoms with Gasteiger partial charge in [-0.15, -0.1) is 0 Å². The first-order chi connectivity index (χ1) is 7.63. The molecule has 0 aromatic heterocycles. The van der Waals surface area contributed by atoms with Gasteiger partial charge in [0.25, 0.3) is 0 Å². The predicted molar refractivity (Wildman–Crippen MR) is 56.1 cm³/mol. The maximum absolute atomic E-state index is 13.3. The number of rotatable bonds is 4. The lowest BCUT2D eigenvalue weighted by Gasteiger charge is -2.06. The van der Waals surface area contributed by atoms with Gasteiger partial charge in [0, 0.05) is 0 Å². The van der Waals surface area contributed by atoms with Gasteiger partial charge < -0.3 is 9.84 Å². The Morgan fingerprint density at radius 2 is 2.38 bits per heavy atom. The number of carbonyl (C=O) groups is 1. The molecule has 0 radical (unpaired) electrons. The van der Waals surface area contributed by atoms with Crippen LogP contribution in [-0.4, -0.2) is 17.7 Å². The number of ether oxygens (including phenoxy) is 1. The number of hydrogen-bond acceptors (Lipinski definition) is 2. The first-order valence-electron chi connectivity index (χ1n) is 5.28. The van der Waals surface area contributed by atoms with Crippen LogP contribution >= 0.6 is 0 Å². The second kappa shape index (κ2) is 4.12. The Bertz CT molecular complexity index is 417. The van der Waals surface area contributed by atoms with Gasteiger partial charge in [0.1, 0.15) is 0 Å². The Balaban J connectivity index is 2.17. The SMILES string of the molecule is CCOc1cc([C@H]2C[C@@H]2C(=O)O)ccc1F. The van der Waals surface area contributed by atoms with E-state index in [1.807, 2.05) is 0 Å². The van der Waals surface area contributed by atoms with Crippen LogP contribution in [0.4, 0.5) is 4.39 Å². The summed E-state index contributed by atoms with van der Waals surface area (Å²) < 4.78 is 18.4. The van der Waals surface area contributed by atoms with Gasteiger partial charge in [-0.1, -0.05) is 6.07 Å². The highest BCUT2D eigenvalue weighted by Gasteiger charge is 2.44. The van der Waals surface area contributed by atoms with Crippen molar-refractivity contribution in [1.29, 1.82) is 0 Å². The van der Waals surface area contributed by atoms with Crippen molar-refractivity contribution in [1.82, 2.24) is 0 Å². The molecule has 1 aliphatic carbocycles. The van der Waals surface area contributed by atoms with Crippen LogP contribution < -0.4 is 4.74 Å². The minimum atomic E-state index is -0.785. The summed E-state index contributed by atoms with van der Waals surface area (Å²) >= 11 is 0. The number of carboxylic acids is 1. The normalized spacial score (nSPS) is 22.9. The van der Waals surface area contributed by atoms with E-state index in [0.717, 1.165) is 5.56 Å². The van der Waals surface area contributed by atoms with Crippen molar-refractivity contribution < 1.29 is 19.0 Å². The summed E-state index contributed by atoms with van der Waals surface area (Å²) in [6.07, 6.45) is 0.631. The summed E-state index contributed by atoms with van der Waals surface area (Å²) in [7, 11) is 0. The molecule has 0 bridgehead atoms. The summed E-state index contributed by atoms with van der Waals surface area (Å²) in [5.74, 6) is -1.29. The number of aliphatic carboxylic acids is 1. The molecule has 1 fully saturated rings. The summed E-state index contributed by atoms with van der Waals surface area (Å²) in [4.78, 5) is 10.7. The second-order valence-corrected chi connectivity index (χ2v) is 3.91. The fourth-order valence-corrected chi connectivity index (χ4v) is 1.85. The summed E-state index contributed by atoms with van der Waals surface area (Å²) in [5.41, 5.74) is 0.845. The van der Waals surface area contributed by atoms with Crippen LogP contribution in [0, 0.1) is 11.7 Å².